The lowest BCUT2D eigenvalue weighted by atomic mass is 9.77. The Bertz CT molecular complexity index is 739. The Labute approximate surface area is 147 Å². The van der Waals surface area contributed by atoms with Gasteiger partial charge in [-0.3, -0.25) is 9.59 Å². The molecule has 5 heteroatoms. The average molecular weight is 341 g/mol. The Hall–Kier alpha value is -2.14. The van der Waals surface area contributed by atoms with Crippen LogP contribution in [0.15, 0.2) is 36.4 Å². The van der Waals surface area contributed by atoms with Gasteiger partial charge >= 0.3 is 5.97 Å². The lowest BCUT2D eigenvalue weighted by Crippen LogP contribution is -2.40. The van der Waals surface area contributed by atoms with Gasteiger partial charge in [0.25, 0.3) is 0 Å². The predicted molar refractivity (Wildman–Crippen MR) is 91.5 cm³/mol. The molecule has 0 N–H and O–H groups in total. The molecular weight excluding hydrogens is 318 g/mol. The maximum absolute atomic E-state index is 13.0. The molecule has 3 aliphatic heterocycles. The van der Waals surface area contributed by atoms with Crippen LogP contribution in [-0.2, 0) is 25.6 Å². The quantitative estimate of drug-likeness (QED) is 0.622. The number of nitrogens with zero attached hydrogens (tertiary/aromatic N) is 1. The molecule has 1 amide bonds. The first-order valence-electron chi connectivity index (χ1n) is 8.82. The molecule has 0 aromatic heterocycles. The van der Waals surface area contributed by atoms with Gasteiger partial charge in [-0.2, -0.15) is 0 Å². The molecular formula is C20H23NO4. The first kappa shape index (κ1) is 16.3. The molecule has 0 aliphatic carbocycles. The molecule has 2 bridgehead atoms. The number of carbonyl (C=O) groups excluding carboxylic acids is 2. The molecule has 5 nitrogen and oxygen atoms in total. The zero-order valence-electron chi connectivity index (χ0n) is 14.8. The number of aryl methyl sites for hydroxylation is 1. The van der Waals surface area contributed by atoms with Crippen molar-refractivity contribution in [3.05, 3.63) is 47.5 Å². The highest BCUT2D eigenvalue weighted by Gasteiger charge is 2.67. The summed E-state index contributed by atoms with van der Waals surface area (Å²) in [5.74, 6) is -1.36. The van der Waals surface area contributed by atoms with Gasteiger partial charge in [0.1, 0.15) is 11.5 Å². The second-order valence-corrected chi connectivity index (χ2v) is 7.57. The van der Waals surface area contributed by atoms with Crippen LogP contribution in [-0.4, -0.2) is 41.1 Å². The van der Waals surface area contributed by atoms with Crippen molar-refractivity contribution in [3.63, 3.8) is 0 Å². The van der Waals surface area contributed by atoms with Crippen LogP contribution in [0.2, 0.25) is 0 Å². The van der Waals surface area contributed by atoms with Crippen molar-refractivity contribution in [2.45, 2.75) is 45.1 Å². The molecule has 4 atom stereocenters. The topological polar surface area (TPSA) is 55.8 Å². The number of hydrogen-bond acceptors (Lipinski definition) is 4. The smallest absolute Gasteiger partial charge is 0.313 e. The van der Waals surface area contributed by atoms with E-state index in [1.807, 2.05) is 57.2 Å². The fraction of sp³-hybridized carbons (Fsp3) is 0.500. The number of amides is 1. The van der Waals surface area contributed by atoms with Crippen LogP contribution in [0.5, 0.6) is 0 Å². The third kappa shape index (κ3) is 2.58. The van der Waals surface area contributed by atoms with Crippen molar-refractivity contribution < 1.29 is 19.1 Å². The fourth-order valence-electron chi connectivity index (χ4n) is 4.21. The van der Waals surface area contributed by atoms with Crippen LogP contribution in [0.1, 0.15) is 25.0 Å². The Kier molecular flexibility index (Phi) is 3.72. The SMILES string of the molecule is Cc1ccc(CN2C[C@@]34C=C[C@H](O3)[C@H](C(=O)OC(C)C)[C@H]4C2=O)cc1. The number of ether oxygens (including phenoxy) is 2. The normalized spacial score (nSPS) is 32.6. The van der Waals surface area contributed by atoms with Gasteiger partial charge in [0.2, 0.25) is 5.91 Å². The van der Waals surface area contributed by atoms with E-state index in [1.165, 1.54) is 5.56 Å². The second-order valence-electron chi connectivity index (χ2n) is 7.57. The minimum atomic E-state index is -0.673. The van der Waals surface area contributed by atoms with E-state index in [0.717, 1.165) is 5.56 Å². The van der Waals surface area contributed by atoms with E-state index < -0.39 is 17.4 Å². The third-order valence-electron chi connectivity index (χ3n) is 5.30. The summed E-state index contributed by atoms with van der Waals surface area (Å²) in [6.07, 6.45) is 3.33. The number of rotatable bonds is 4. The monoisotopic (exact) mass is 341 g/mol. The largest absolute Gasteiger partial charge is 0.463 e. The molecule has 3 heterocycles. The molecule has 4 rings (SSSR count). The van der Waals surface area contributed by atoms with E-state index in [0.29, 0.717) is 13.1 Å². The summed E-state index contributed by atoms with van der Waals surface area (Å²) in [6.45, 7) is 6.69. The van der Waals surface area contributed by atoms with Gasteiger partial charge < -0.3 is 14.4 Å². The van der Waals surface area contributed by atoms with E-state index in [9.17, 15) is 9.59 Å². The number of benzene rings is 1. The average Bonchev–Trinajstić information content (AvgIpc) is 3.18. The summed E-state index contributed by atoms with van der Waals surface area (Å²) in [5, 5.41) is 0. The Morgan fingerprint density at radius 3 is 2.76 bits per heavy atom. The van der Waals surface area contributed by atoms with Crippen molar-refractivity contribution in [2.75, 3.05) is 6.54 Å². The number of hydrogen-bond donors (Lipinski definition) is 0. The maximum Gasteiger partial charge on any atom is 0.313 e. The standard InChI is InChI=1S/C20H23NO4/c1-12(2)24-19(23)16-15-8-9-20(25-15)11-21(18(22)17(16)20)10-14-6-4-13(3)5-7-14/h4-9,12,15-17H,10-11H2,1-3H3/t15-,16-,17-,20+/m0/s1. The van der Waals surface area contributed by atoms with Crippen molar-refractivity contribution in [2.24, 2.45) is 11.8 Å². The van der Waals surface area contributed by atoms with Gasteiger partial charge in [-0.1, -0.05) is 42.0 Å². The van der Waals surface area contributed by atoms with Crippen molar-refractivity contribution in [1.29, 1.82) is 0 Å². The number of esters is 1. The number of likely N-dealkylation sites (tertiary alicyclic amines) is 1. The van der Waals surface area contributed by atoms with E-state index in [2.05, 4.69) is 0 Å². The lowest BCUT2D eigenvalue weighted by Gasteiger charge is -2.23. The molecule has 132 valence electrons. The summed E-state index contributed by atoms with van der Waals surface area (Å²) >= 11 is 0. The van der Waals surface area contributed by atoms with E-state index in [1.54, 1.807) is 4.90 Å². The van der Waals surface area contributed by atoms with Gasteiger partial charge in [-0.15, -0.1) is 0 Å². The number of fused-ring (bicyclic) bond motifs is 1. The van der Waals surface area contributed by atoms with E-state index >= 15 is 0 Å². The summed E-state index contributed by atoms with van der Waals surface area (Å²) < 4.78 is 11.5. The van der Waals surface area contributed by atoms with Crippen molar-refractivity contribution in [3.8, 4) is 0 Å². The van der Waals surface area contributed by atoms with Crippen LogP contribution in [0.25, 0.3) is 0 Å². The minimum Gasteiger partial charge on any atom is -0.463 e. The Morgan fingerprint density at radius 2 is 2.08 bits per heavy atom. The molecule has 25 heavy (non-hydrogen) atoms. The first-order valence-corrected chi connectivity index (χ1v) is 8.82. The molecule has 0 radical (unpaired) electrons. The van der Waals surface area contributed by atoms with Crippen LogP contribution in [0, 0.1) is 18.8 Å². The highest BCUT2D eigenvalue weighted by atomic mass is 16.6. The highest BCUT2D eigenvalue weighted by molar-refractivity contribution is 5.91. The third-order valence-corrected chi connectivity index (χ3v) is 5.30. The molecule has 2 saturated heterocycles. The molecule has 1 aromatic carbocycles. The van der Waals surface area contributed by atoms with E-state index in [-0.39, 0.29) is 24.1 Å². The van der Waals surface area contributed by atoms with Gasteiger partial charge in [0.05, 0.1) is 24.7 Å². The van der Waals surface area contributed by atoms with Gasteiger partial charge in [-0.05, 0) is 26.3 Å². The minimum absolute atomic E-state index is 0.0156. The second kappa shape index (κ2) is 5.70. The van der Waals surface area contributed by atoms with Crippen LogP contribution in [0.4, 0.5) is 0 Å². The lowest BCUT2D eigenvalue weighted by molar-refractivity contribution is -0.157. The van der Waals surface area contributed by atoms with E-state index in [4.69, 9.17) is 9.47 Å². The summed E-state index contributed by atoms with van der Waals surface area (Å²) in [4.78, 5) is 27.4. The highest BCUT2D eigenvalue weighted by Crippen LogP contribution is 2.52. The summed E-state index contributed by atoms with van der Waals surface area (Å²) in [5.41, 5.74) is 1.59. The Balaban J connectivity index is 1.57. The van der Waals surface area contributed by atoms with Crippen LogP contribution >= 0.6 is 0 Å². The number of carbonyl (C=O) groups is 2. The van der Waals surface area contributed by atoms with Crippen molar-refractivity contribution in [1.82, 2.24) is 4.90 Å². The summed E-state index contributed by atoms with van der Waals surface area (Å²) in [7, 11) is 0. The molecule has 0 saturated carbocycles. The predicted octanol–water partition coefficient (Wildman–Crippen LogP) is 2.23. The van der Waals surface area contributed by atoms with Crippen LogP contribution in [0.3, 0.4) is 0 Å². The fourth-order valence-corrected chi connectivity index (χ4v) is 4.21. The molecule has 2 fully saturated rings. The Morgan fingerprint density at radius 1 is 1.36 bits per heavy atom. The maximum atomic E-state index is 13.0. The van der Waals surface area contributed by atoms with Crippen molar-refractivity contribution >= 4 is 11.9 Å². The molecule has 1 aromatic rings. The molecule has 1 spiro atoms. The molecule has 3 aliphatic rings. The van der Waals surface area contributed by atoms with Gasteiger partial charge in [0.15, 0.2) is 0 Å². The zero-order chi connectivity index (χ0) is 17.8. The molecule has 0 unspecified atom stereocenters. The summed E-state index contributed by atoms with van der Waals surface area (Å²) in [6, 6.07) is 8.15. The van der Waals surface area contributed by atoms with Crippen LogP contribution < -0.4 is 0 Å². The van der Waals surface area contributed by atoms with Gasteiger partial charge in [0, 0.05) is 6.54 Å². The first-order chi connectivity index (χ1) is 11.9. The van der Waals surface area contributed by atoms with Gasteiger partial charge in [-0.25, -0.2) is 0 Å². The zero-order valence-corrected chi connectivity index (χ0v) is 14.8.